The Balaban J connectivity index is 1.82. The van der Waals surface area contributed by atoms with Crippen molar-refractivity contribution in [3.63, 3.8) is 0 Å². The predicted molar refractivity (Wildman–Crippen MR) is 90.4 cm³/mol. The van der Waals surface area contributed by atoms with Gasteiger partial charge < -0.3 is 10.1 Å². The number of aryl methyl sites for hydroxylation is 1. The van der Waals surface area contributed by atoms with Gasteiger partial charge in [0.15, 0.2) is 0 Å². The predicted octanol–water partition coefficient (Wildman–Crippen LogP) is 2.19. The van der Waals surface area contributed by atoms with Gasteiger partial charge in [-0.3, -0.25) is 4.79 Å². The van der Waals surface area contributed by atoms with E-state index in [0.29, 0.717) is 11.4 Å². The number of ether oxygens (including phenoxy) is 1. The standard InChI is InChI=1S/C17H18N2O4S/c1-12-4-2-3-5-13(12)11-18-24(21,22)14-6-7-16-15(10-14)19-17(20)8-9-23-16/h2-7,10,18H,8-9,11H2,1H3,(H,19,20). The van der Waals surface area contributed by atoms with Gasteiger partial charge in [-0.15, -0.1) is 0 Å². The minimum atomic E-state index is -3.69. The number of nitrogens with one attached hydrogen (secondary N) is 2. The van der Waals surface area contributed by atoms with E-state index in [1.165, 1.54) is 12.1 Å². The zero-order valence-electron chi connectivity index (χ0n) is 13.2. The summed E-state index contributed by atoms with van der Waals surface area (Å²) in [4.78, 5) is 11.7. The summed E-state index contributed by atoms with van der Waals surface area (Å²) >= 11 is 0. The molecule has 7 heteroatoms. The quantitative estimate of drug-likeness (QED) is 0.889. The highest BCUT2D eigenvalue weighted by Gasteiger charge is 2.19. The third-order valence-electron chi connectivity index (χ3n) is 3.84. The van der Waals surface area contributed by atoms with E-state index < -0.39 is 10.0 Å². The summed E-state index contributed by atoms with van der Waals surface area (Å²) in [6.45, 7) is 2.41. The summed E-state index contributed by atoms with van der Waals surface area (Å²) in [5.74, 6) is 0.273. The first-order valence-corrected chi connectivity index (χ1v) is 9.05. The van der Waals surface area contributed by atoms with E-state index in [1.54, 1.807) is 6.07 Å². The van der Waals surface area contributed by atoms with E-state index >= 15 is 0 Å². The summed E-state index contributed by atoms with van der Waals surface area (Å²) in [7, 11) is -3.69. The molecule has 126 valence electrons. The fraction of sp³-hybridized carbons (Fsp3) is 0.235. The van der Waals surface area contributed by atoms with Crippen LogP contribution in [0.3, 0.4) is 0 Å². The molecule has 0 aliphatic carbocycles. The number of hydrogen-bond donors (Lipinski definition) is 2. The summed E-state index contributed by atoms with van der Waals surface area (Å²) < 4.78 is 33.0. The molecule has 6 nitrogen and oxygen atoms in total. The van der Waals surface area contributed by atoms with Gasteiger partial charge >= 0.3 is 0 Å². The maximum absolute atomic E-state index is 12.5. The van der Waals surface area contributed by atoms with Crippen molar-refractivity contribution in [2.75, 3.05) is 11.9 Å². The summed E-state index contributed by atoms with van der Waals surface area (Å²) in [6, 6.07) is 12.0. The van der Waals surface area contributed by atoms with Crippen LogP contribution >= 0.6 is 0 Å². The molecule has 2 N–H and O–H groups in total. The number of amides is 1. The van der Waals surface area contributed by atoms with Gasteiger partial charge in [0.25, 0.3) is 0 Å². The minimum absolute atomic E-state index is 0.0839. The van der Waals surface area contributed by atoms with Crippen molar-refractivity contribution < 1.29 is 17.9 Å². The van der Waals surface area contributed by atoms with E-state index in [-0.39, 0.29) is 30.4 Å². The molecule has 3 rings (SSSR count). The van der Waals surface area contributed by atoms with Gasteiger partial charge in [0.2, 0.25) is 15.9 Å². The number of rotatable bonds is 4. The van der Waals surface area contributed by atoms with E-state index in [0.717, 1.165) is 11.1 Å². The Morgan fingerprint density at radius 1 is 1.21 bits per heavy atom. The van der Waals surface area contributed by atoms with Crippen LogP contribution in [0.15, 0.2) is 47.4 Å². The fourth-order valence-electron chi connectivity index (χ4n) is 2.43. The van der Waals surface area contributed by atoms with Gasteiger partial charge in [0, 0.05) is 6.54 Å². The van der Waals surface area contributed by atoms with Gasteiger partial charge in [-0.05, 0) is 36.2 Å². The molecule has 0 aromatic heterocycles. The molecule has 1 amide bonds. The minimum Gasteiger partial charge on any atom is -0.491 e. The monoisotopic (exact) mass is 346 g/mol. The smallest absolute Gasteiger partial charge is 0.240 e. The van der Waals surface area contributed by atoms with Crippen LogP contribution in [0, 0.1) is 6.92 Å². The van der Waals surface area contributed by atoms with Crippen molar-refractivity contribution in [3.8, 4) is 5.75 Å². The topological polar surface area (TPSA) is 84.5 Å². The molecule has 0 radical (unpaired) electrons. The highest BCUT2D eigenvalue weighted by molar-refractivity contribution is 7.89. The number of hydrogen-bond acceptors (Lipinski definition) is 4. The molecule has 2 aromatic rings. The molecule has 0 bridgehead atoms. The van der Waals surface area contributed by atoms with Crippen LogP contribution in [-0.4, -0.2) is 20.9 Å². The van der Waals surface area contributed by atoms with E-state index in [2.05, 4.69) is 10.0 Å². The van der Waals surface area contributed by atoms with Crippen molar-refractivity contribution in [3.05, 3.63) is 53.6 Å². The maximum Gasteiger partial charge on any atom is 0.240 e. The number of sulfonamides is 1. The molecule has 0 spiro atoms. The Hall–Kier alpha value is -2.38. The molecule has 24 heavy (non-hydrogen) atoms. The molecule has 2 aromatic carbocycles. The zero-order chi connectivity index (χ0) is 17.2. The van der Waals surface area contributed by atoms with Crippen LogP contribution in [0.25, 0.3) is 0 Å². The first kappa shape index (κ1) is 16.5. The van der Waals surface area contributed by atoms with Crippen LogP contribution in [0.1, 0.15) is 17.5 Å². The fourth-order valence-corrected chi connectivity index (χ4v) is 3.46. The second kappa shape index (κ2) is 6.62. The molecule has 1 heterocycles. The lowest BCUT2D eigenvalue weighted by atomic mass is 10.1. The van der Waals surface area contributed by atoms with Crippen molar-refractivity contribution in [1.29, 1.82) is 0 Å². The van der Waals surface area contributed by atoms with Gasteiger partial charge in [0.1, 0.15) is 5.75 Å². The number of carbonyl (C=O) groups excluding carboxylic acids is 1. The largest absolute Gasteiger partial charge is 0.491 e. The molecule has 1 aliphatic heterocycles. The van der Waals surface area contributed by atoms with Gasteiger partial charge in [-0.1, -0.05) is 24.3 Å². The van der Waals surface area contributed by atoms with Crippen molar-refractivity contribution in [2.45, 2.75) is 24.8 Å². The first-order chi connectivity index (χ1) is 11.5. The van der Waals surface area contributed by atoms with Crippen molar-refractivity contribution in [2.24, 2.45) is 0 Å². The van der Waals surface area contributed by atoms with Gasteiger partial charge in [0.05, 0.1) is 23.6 Å². The van der Waals surface area contributed by atoms with Crippen molar-refractivity contribution in [1.82, 2.24) is 4.72 Å². The molecular weight excluding hydrogens is 328 g/mol. The third-order valence-corrected chi connectivity index (χ3v) is 5.23. The number of carbonyl (C=O) groups is 1. The van der Waals surface area contributed by atoms with Gasteiger partial charge in [-0.2, -0.15) is 0 Å². The Labute approximate surface area is 140 Å². The normalized spacial score (nSPS) is 14.3. The average Bonchev–Trinajstić information content (AvgIpc) is 2.74. The lowest BCUT2D eigenvalue weighted by Crippen LogP contribution is -2.23. The Morgan fingerprint density at radius 3 is 2.79 bits per heavy atom. The Morgan fingerprint density at radius 2 is 2.00 bits per heavy atom. The molecule has 0 saturated heterocycles. The molecular formula is C17H18N2O4S. The third kappa shape index (κ3) is 3.58. The summed E-state index contributed by atoms with van der Waals surface area (Å²) in [5.41, 5.74) is 2.30. The first-order valence-electron chi connectivity index (χ1n) is 7.56. The van der Waals surface area contributed by atoms with Crippen molar-refractivity contribution >= 4 is 21.6 Å². The van der Waals surface area contributed by atoms with Gasteiger partial charge in [-0.25, -0.2) is 13.1 Å². The molecule has 0 unspecified atom stereocenters. The van der Waals surface area contributed by atoms with Crippen LogP contribution in [0.2, 0.25) is 0 Å². The second-order valence-electron chi connectivity index (χ2n) is 5.56. The lowest BCUT2D eigenvalue weighted by molar-refractivity contribution is -0.116. The highest BCUT2D eigenvalue weighted by Crippen LogP contribution is 2.29. The van der Waals surface area contributed by atoms with Crippen LogP contribution in [0.4, 0.5) is 5.69 Å². The average molecular weight is 346 g/mol. The number of fused-ring (bicyclic) bond motifs is 1. The summed E-state index contributed by atoms with van der Waals surface area (Å²) in [6.07, 6.45) is 0.238. The zero-order valence-corrected chi connectivity index (χ0v) is 14.0. The molecule has 0 atom stereocenters. The van der Waals surface area contributed by atoms with E-state index in [4.69, 9.17) is 4.74 Å². The Bertz CT molecular complexity index is 878. The molecule has 0 saturated carbocycles. The van der Waals surface area contributed by atoms with Crippen LogP contribution in [0.5, 0.6) is 5.75 Å². The summed E-state index contributed by atoms with van der Waals surface area (Å²) in [5, 5.41) is 2.66. The molecule has 0 fully saturated rings. The SMILES string of the molecule is Cc1ccccc1CNS(=O)(=O)c1ccc2c(c1)NC(=O)CCO2. The van der Waals surface area contributed by atoms with E-state index in [9.17, 15) is 13.2 Å². The van der Waals surface area contributed by atoms with Crippen LogP contribution < -0.4 is 14.8 Å². The number of benzene rings is 2. The highest BCUT2D eigenvalue weighted by atomic mass is 32.2. The lowest BCUT2D eigenvalue weighted by Gasteiger charge is -2.12. The maximum atomic E-state index is 12.5. The number of anilines is 1. The van der Waals surface area contributed by atoms with Crippen LogP contribution in [-0.2, 0) is 21.4 Å². The molecule has 1 aliphatic rings. The van der Waals surface area contributed by atoms with E-state index in [1.807, 2.05) is 31.2 Å². The Kier molecular flexibility index (Phi) is 4.55. The second-order valence-corrected chi connectivity index (χ2v) is 7.32.